The molecule has 1 heterocycles. The molecule has 2 rings (SSSR count). The minimum absolute atomic E-state index is 0.127. The molecule has 2 N–H and O–H groups in total. The molecule has 0 bridgehead atoms. The van der Waals surface area contributed by atoms with E-state index in [2.05, 4.69) is 11.4 Å². The largest absolute Gasteiger partial charge is 0.478 e. The summed E-state index contributed by atoms with van der Waals surface area (Å²) in [5.74, 6) is -1.02. The van der Waals surface area contributed by atoms with Crippen LogP contribution < -0.4 is 5.32 Å². The molecule has 1 unspecified atom stereocenters. The zero-order valence-electron chi connectivity index (χ0n) is 10.4. The van der Waals surface area contributed by atoms with Gasteiger partial charge in [-0.2, -0.15) is 0 Å². The van der Waals surface area contributed by atoms with Crippen molar-refractivity contribution in [3.8, 4) is 0 Å². The normalized spacial score (nSPS) is 12.1. The number of benzene rings is 1. The van der Waals surface area contributed by atoms with Crippen molar-refractivity contribution in [1.82, 2.24) is 0 Å². The second-order valence-corrected chi connectivity index (χ2v) is 5.74. The van der Waals surface area contributed by atoms with Crippen molar-refractivity contribution in [2.45, 2.75) is 19.4 Å². The average Bonchev–Trinajstić information content (AvgIpc) is 2.81. The summed E-state index contributed by atoms with van der Waals surface area (Å²) in [6.45, 7) is 2.02. The van der Waals surface area contributed by atoms with Crippen LogP contribution in [0.3, 0.4) is 0 Å². The van der Waals surface area contributed by atoms with Gasteiger partial charge in [-0.05, 0) is 30.5 Å². The van der Waals surface area contributed by atoms with Gasteiger partial charge in [0.1, 0.15) is 5.56 Å². The van der Waals surface area contributed by atoms with E-state index in [-0.39, 0.29) is 16.6 Å². The summed E-state index contributed by atoms with van der Waals surface area (Å²) >= 11 is 7.62. The summed E-state index contributed by atoms with van der Waals surface area (Å²) in [6, 6.07) is 9.28. The number of hydrogen-bond acceptors (Lipinski definition) is 3. The molecule has 0 fully saturated rings. The second-order valence-electron chi connectivity index (χ2n) is 4.30. The van der Waals surface area contributed by atoms with E-state index in [1.807, 2.05) is 18.4 Å². The van der Waals surface area contributed by atoms with Crippen molar-refractivity contribution in [3.05, 3.63) is 51.2 Å². The fourth-order valence-corrected chi connectivity index (χ4v) is 3.00. The van der Waals surface area contributed by atoms with Crippen molar-refractivity contribution in [2.75, 3.05) is 5.32 Å². The van der Waals surface area contributed by atoms with Crippen LogP contribution in [0.25, 0.3) is 0 Å². The average molecular weight is 296 g/mol. The third kappa shape index (κ3) is 3.49. The highest BCUT2D eigenvalue weighted by molar-refractivity contribution is 7.09. The Morgan fingerprint density at radius 1 is 1.42 bits per heavy atom. The smallest absolute Gasteiger partial charge is 0.339 e. The van der Waals surface area contributed by atoms with Crippen molar-refractivity contribution in [3.63, 3.8) is 0 Å². The lowest BCUT2D eigenvalue weighted by Gasteiger charge is -2.16. The molecule has 0 saturated carbocycles. The number of carboxylic acid groups (broad SMARTS) is 1. The minimum Gasteiger partial charge on any atom is -0.478 e. The van der Waals surface area contributed by atoms with Crippen LogP contribution in [0.5, 0.6) is 0 Å². The molecule has 0 amide bonds. The number of carbonyl (C=O) groups is 1. The number of hydrogen-bond donors (Lipinski definition) is 2. The van der Waals surface area contributed by atoms with E-state index in [0.29, 0.717) is 5.69 Å². The third-order valence-corrected chi connectivity index (χ3v) is 3.93. The fourth-order valence-electron chi connectivity index (χ4n) is 1.91. The van der Waals surface area contributed by atoms with Gasteiger partial charge in [-0.15, -0.1) is 11.3 Å². The highest BCUT2D eigenvalue weighted by Gasteiger charge is 2.15. The maximum atomic E-state index is 11.2. The molecule has 0 spiro atoms. The summed E-state index contributed by atoms with van der Waals surface area (Å²) in [4.78, 5) is 12.5. The Labute approximate surface area is 120 Å². The lowest BCUT2D eigenvalue weighted by molar-refractivity contribution is 0.0698. The Hall–Kier alpha value is -1.52. The fraction of sp³-hybridized carbons (Fsp3) is 0.214. The topological polar surface area (TPSA) is 49.3 Å². The molecule has 19 heavy (non-hydrogen) atoms. The van der Waals surface area contributed by atoms with Gasteiger partial charge in [0.25, 0.3) is 0 Å². The maximum absolute atomic E-state index is 11.2. The minimum atomic E-state index is -1.02. The zero-order valence-corrected chi connectivity index (χ0v) is 12.0. The van der Waals surface area contributed by atoms with E-state index in [1.165, 1.54) is 4.88 Å². The van der Waals surface area contributed by atoms with E-state index in [0.717, 1.165) is 6.42 Å². The van der Waals surface area contributed by atoms with E-state index in [9.17, 15) is 9.90 Å². The number of rotatable bonds is 5. The molecule has 1 aromatic heterocycles. The van der Waals surface area contributed by atoms with Crippen molar-refractivity contribution in [2.24, 2.45) is 0 Å². The molecule has 1 aromatic carbocycles. The molecular formula is C14H14ClNO2S. The van der Waals surface area contributed by atoms with Crippen LogP contribution >= 0.6 is 22.9 Å². The second kappa shape index (κ2) is 6.08. The standard InChI is InChI=1S/C14H14ClNO2S/c1-9(8-10-4-3-7-19-10)16-12-6-2-5-11(15)13(12)14(17)18/h2-7,9,16H,8H2,1H3,(H,17,18). The quantitative estimate of drug-likeness (QED) is 0.871. The van der Waals surface area contributed by atoms with Crippen molar-refractivity contribution in [1.29, 1.82) is 0 Å². The van der Waals surface area contributed by atoms with E-state index in [4.69, 9.17) is 11.6 Å². The third-order valence-electron chi connectivity index (χ3n) is 2.72. The predicted molar refractivity (Wildman–Crippen MR) is 79.5 cm³/mol. The first-order valence-corrected chi connectivity index (χ1v) is 7.14. The number of aromatic carboxylic acids is 1. The van der Waals surface area contributed by atoms with Gasteiger partial charge in [0.2, 0.25) is 0 Å². The van der Waals surface area contributed by atoms with E-state index in [1.54, 1.807) is 29.5 Å². The molecule has 100 valence electrons. The van der Waals surface area contributed by atoms with Crippen LogP contribution in [0.2, 0.25) is 5.02 Å². The van der Waals surface area contributed by atoms with Crippen molar-refractivity contribution < 1.29 is 9.90 Å². The maximum Gasteiger partial charge on any atom is 0.339 e. The van der Waals surface area contributed by atoms with Crippen molar-refractivity contribution >= 4 is 34.6 Å². The molecule has 0 aliphatic carbocycles. The first kappa shape index (κ1) is 13.9. The van der Waals surface area contributed by atoms with Gasteiger partial charge in [-0.3, -0.25) is 0 Å². The van der Waals surface area contributed by atoms with Crippen LogP contribution in [0, 0.1) is 0 Å². The Bertz CT molecular complexity index is 569. The van der Waals surface area contributed by atoms with Gasteiger partial charge in [0, 0.05) is 17.3 Å². The Morgan fingerprint density at radius 3 is 2.84 bits per heavy atom. The van der Waals surface area contributed by atoms with Gasteiger partial charge in [-0.1, -0.05) is 23.7 Å². The number of anilines is 1. The molecule has 0 radical (unpaired) electrons. The Morgan fingerprint density at radius 2 is 2.21 bits per heavy atom. The Kier molecular flexibility index (Phi) is 4.45. The summed E-state index contributed by atoms with van der Waals surface area (Å²) in [5.41, 5.74) is 0.686. The van der Waals surface area contributed by atoms with Crippen LogP contribution in [0.4, 0.5) is 5.69 Å². The van der Waals surface area contributed by atoms with Crippen LogP contribution in [0.15, 0.2) is 35.7 Å². The molecular weight excluding hydrogens is 282 g/mol. The van der Waals surface area contributed by atoms with Gasteiger partial charge < -0.3 is 10.4 Å². The zero-order chi connectivity index (χ0) is 13.8. The van der Waals surface area contributed by atoms with Gasteiger partial charge in [0.15, 0.2) is 0 Å². The number of nitrogens with one attached hydrogen (secondary N) is 1. The van der Waals surface area contributed by atoms with Gasteiger partial charge in [-0.25, -0.2) is 4.79 Å². The molecule has 0 aliphatic heterocycles. The number of halogens is 1. The molecule has 5 heteroatoms. The summed E-state index contributed by atoms with van der Waals surface area (Å²) in [7, 11) is 0. The van der Waals surface area contributed by atoms with Crippen LogP contribution in [-0.4, -0.2) is 17.1 Å². The van der Waals surface area contributed by atoms with Gasteiger partial charge >= 0.3 is 5.97 Å². The van der Waals surface area contributed by atoms with E-state index < -0.39 is 5.97 Å². The lowest BCUT2D eigenvalue weighted by Crippen LogP contribution is -2.19. The number of thiophene rings is 1. The molecule has 3 nitrogen and oxygen atoms in total. The SMILES string of the molecule is CC(Cc1cccs1)Nc1cccc(Cl)c1C(=O)O. The summed E-state index contributed by atoms with van der Waals surface area (Å²) in [5, 5.41) is 14.7. The monoisotopic (exact) mass is 295 g/mol. The predicted octanol–water partition coefficient (Wildman–Crippen LogP) is 4.14. The first-order chi connectivity index (χ1) is 9.08. The van der Waals surface area contributed by atoms with E-state index >= 15 is 0 Å². The molecule has 1 atom stereocenters. The molecule has 2 aromatic rings. The molecule has 0 aliphatic rings. The Balaban J connectivity index is 2.14. The highest BCUT2D eigenvalue weighted by Crippen LogP contribution is 2.25. The summed E-state index contributed by atoms with van der Waals surface area (Å²) < 4.78 is 0. The number of carboxylic acids is 1. The van der Waals surface area contributed by atoms with Crippen LogP contribution in [0.1, 0.15) is 22.2 Å². The van der Waals surface area contributed by atoms with Gasteiger partial charge in [0.05, 0.1) is 10.7 Å². The lowest BCUT2D eigenvalue weighted by atomic mass is 10.1. The van der Waals surface area contributed by atoms with Crippen LogP contribution in [-0.2, 0) is 6.42 Å². The highest BCUT2D eigenvalue weighted by atomic mass is 35.5. The first-order valence-electron chi connectivity index (χ1n) is 5.88. The summed E-state index contributed by atoms with van der Waals surface area (Å²) in [6.07, 6.45) is 0.850. The molecule has 0 saturated heterocycles.